The molecule has 106 valence electrons. The van der Waals surface area contributed by atoms with Crippen molar-refractivity contribution in [1.82, 2.24) is 5.32 Å². The summed E-state index contributed by atoms with van der Waals surface area (Å²) in [6, 6.07) is 8.76. The molecule has 0 fully saturated rings. The molecule has 2 aromatic rings. The van der Waals surface area contributed by atoms with Crippen molar-refractivity contribution in [1.29, 1.82) is 0 Å². The SMILES string of the molecule is CCCNC(c1ccoc1)c1ccc2c(c1)CCCO2. The zero-order chi connectivity index (χ0) is 13.8. The summed E-state index contributed by atoms with van der Waals surface area (Å²) in [6.45, 7) is 4.01. The quantitative estimate of drug-likeness (QED) is 0.900. The van der Waals surface area contributed by atoms with Crippen molar-refractivity contribution in [3.63, 3.8) is 0 Å². The van der Waals surface area contributed by atoms with Gasteiger partial charge in [0.2, 0.25) is 0 Å². The number of fused-ring (bicyclic) bond motifs is 1. The van der Waals surface area contributed by atoms with Gasteiger partial charge in [0.25, 0.3) is 0 Å². The number of hydrogen-bond donors (Lipinski definition) is 1. The number of rotatable bonds is 5. The Morgan fingerprint density at radius 3 is 3.00 bits per heavy atom. The number of furan rings is 1. The van der Waals surface area contributed by atoms with E-state index < -0.39 is 0 Å². The summed E-state index contributed by atoms with van der Waals surface area (Å²) < 4.78 is 10.9. The molecule has 1 atom stereocenters. The van der Waals surface area contributed by atoms with Crippen molar-refractivity contribution in [2.75, 3.05) is 13.2 Å². The number of hydrogen-bond acceptors (Lipinski definition) is 3. The lowest BCUT2D eigenvalue weighted by molar-refractivity contribution is 0.288. The van der Waals surface area contributed by atoms with Crippen molar-refractivity contribution in [2.24, 2.45) is 0 Å². The minimum absolute atomic E-state index is 0.195. The third-order valence-electron chi connectivity index (χ3n) is 3.74. The molecule has 1 unspecified atom stereocenters. The molecule has 0 radical (unpaired) electrons. The van der Waals surface area contributed by atoms with Crippen molar-refractivity contribution in [2.45, 2.75) is 32.2 Å². The van der Waals surface area contributed by atoms with Gasteiger partial charge in [-0.15, -0.1) is 0 Å². The topological polar surface area (TPSA) is 34.4 Å². The second kappa shape index (κ2) is 6.14. The summed E-state index contributed by atoms with van der Waals surface area (Å²) in [5, 5.41) is 3.59. The summed E-state index contributed by atoms with van der Waals surface area (Å²) in [7, 11) is 0. The average molecular weight is 271 g/mol. The molecule has 1 aromatic carbocycles. The van der Waals surface area contributed by atoms with E-state index in [1.807, 2.05) is 12.3 Å². The van der Waals surface area contributed by atoms with E-state index in [1.54, 1.807) is 6.26 Å². The maximum Gasteiger partial charge on any atom is 0.122 e. The molecule has 1 aliphatic heterocycles. The van der Waals surface area contributed by atoms with E-state index >= 15 is 0 Å². The molecule has 1 N–H and O–H groups in total. The van der Waals surface area contributed by atoms with Crippen LogP contribution in [0, 0.1) is 0 Å². The van der Waals surface area contributed by atoms with Crippen molar-refractivity contribution >= 4 is 0 Å². The first kappa shape index (κ1) is 13.3. The first-order valence-corrected chi connectivity index (χ1v) is 7.39. The van der Waals surface area contributed by atoms with E-state index in [0.29, 0.717) is 0 Å². The number of ether oxygens (including phenoxy) is 1. The fourth-order valence-corrected chi connectivity index (χ4v) is 2.72. The smallest absolute Gasteiger partial charge is 0.122 e. The average Bonchev–Trinajstić information content (AvgIpc) is 3.02. The number of aryl methyl sites for hydroxylation is 1. The predicted molar refractivity (Wildman–Crippen MR) is 79.1 cm³/mol. The van der Waals surface area contributed by atoms with Crippen LogP contribution in [0.3, 0.4) is 0 Å². The monoisotopic (exact) mass is 271 g/mol. The maximum atomic E-state index is 5.69. The van der Waals surface area contributed by atoms with Crippen LogP contribution in [0.5, 0.6) is 5.75 Å². The Bertz CT molecular complexity index is 548. The lowest BCUT2D eigenvalue weighted by Crippen LogP contribution is -2.23. The normalized spacial score (nSPS) is 15.4. The molecular formula is C17H21NO2. The molecule has 3 rings (SSSR count). The molecule has 3 nitrogen and oxygen atoms in total. The van der Waals surface area contributed by atoms with Gasteiger partial charge in [-0.25, -0.2) is 0 Å². The molecule has 0 bridgehead atoms. The third kappa shape index (κ3) is 2.73. The van der Waals surface area contributed by atoms with Crippen LogP contribution in [0.25, 0.3) is 0 Å². The van der Waals surface area contributed by atoms with Gasteiger partial charge in [-0.2, -0.15) is 0 Å². The Hall–Kier alpha value is -1.74. The summed E-state index contributed by atoms with van der Waals surface area (Å²) in [5.41, 5.74) is 3.78. The molecular weight excluding hydrogens is 250 g/mol. The van der Waals surface area contributed by atoms with Gasteiger partial charge < -0.3 is 14.5 Å². The first-order chi connectivity index (χ1) is 9.88. The highest BCUT2D eigenvalue weighted by Gasteiger charge is 2.17. The van der Waals surface area contributed by atoms with Crippen LogP contribution in [0.2, 0.25) is 0 Å². The molecule has 1 aromatic heterocycles. The fourth-order valence-electron chi connectivity index (χ4n) is 2.72. The van der Waals surface area contributed by atoms with Gasteiger partial charge >= 0.3 is 0 Å². The second-order valence-corrected chi connectivity index (χ2v) is 5.26. The van der Waals surface area contributed by atoms with Crippen molar-refractivity contribution in [3.8, 4) is 5.75 Å². The van der Waals surface area contributed by atoms with E-state index in [9.17, 15) is 0 Å². The zero-order valence-corrected chi connectivity index (χ0v) is 11.9. The van der Waals surface area contributed by atoms with Gasteiger partial charge in [0.1, 0.15) is 5.75 Å². The highest BCUT2D eigenvalue weighted by Crippen LogP contribution is 2.30. The zero-order valence-electron chi connectivity index (χ0n) is 11.9. The lowest BCUT2D eigenvalue weighted by Gasteiger charge is -2.22. The molecule has 2 heterocycles. The lowest BCUT2D eigenvalue weighted by atomic mass is 9.96. The molecule has 0 spiro atoms. The van der Waals surface area contributed by atoms with Crippen LogP contribution in [0.4, 0.5) is 0 Å². The van der Waals surface area contributed by atoms with E-state index in [1.165, 1.54) is 16.7 Å². The van der Waals surface area contributed by atoms with Crippen molar-refractivity contribution in [3.05, 3.63) is 53.5 Å². The van der Waals surface area contributed by atoms with Gasteiger partial charge in [-0.1, -0.05) is 19.1 Å². The molecule has 0 saturated carbocycles. The van der Waals surface area contributed by atoms with E-state index in [4.69, 9.17) is 9.15 Å². The van der Waals surface area contributed by atoms with Crippen LogP contribution in [0.1, 0.15) is 42.5 Å². The third-order valence-corrected chi connectivity index (χ3v) is 3.74. The predicted octanol–water partition coefficient (Wildman–Crippen LogP) is 3.69. The van der Waals surface area contributed by atoms with Gasteiger partial charge in [0.05, 0.1) is 25.2 Å². The largest absolute Gasteiger partial charge is 0.493 e. The van der Waals surface area contributed by atoms with Gasteiger partial charge in [-0.05, 0) is 49.1 Å². The minimum Gasteiger partial charge on any atom is -0.493 e. The summed E-state index contributed by atoms with van der Waals surface area (Å²) >= 11 is 0. The minimum atomic E-state index is 0.195. The van der Waals surface area contributed by atoms with E-state index in [0.717, 1.165) is 38.2 Å². The molecule has 1 aliphatic rings. The standard InChI is InChI=1S/C17H21NO2/c1-2-8-18-17(15-7-10-19-12-15)14-5-6-16-13(11-14)4-3-9-20-16/h5-7,10-12,17-18H,2-4,8-9H2,1H3. The highest BCUT2D eigenvalue weighted by molar-refractivity contribution is 5.42. The van der Waals surface area contributed by atoms with Crippen LogP contribution < -0.4 is 10.1 Å². The van der Waals surface area contributed by atoms with Crippen LogP contribution >= 0.6 is 0 Å². The van der Waals surface area contributed by atoms with Crippen LogP contribution in [-0.2, 0) is 6.42 Å². The van der Waals surface area contributed by atoms with Gasteiger partial charge in [0, 0.05) is 5.56 Å². The Labute approximate surface area is 119 Å². The van der Waals surface area contributed by atoms with E-state index in [-0.39, 0.29) is 6.04 Å². The van der Waals surface area contributed by atoms with Crippen LogP contribution in [0.15, 0.2) is 41.2 Å². The van der Waals surface area contributed by atoms with Gasteiger partial charge in [0.15, 0.2) is 0 Å². The molecule has 0 aliphatic carbocycles. The Balaban J connectivity index is 1.90. The number of benzene rings is 1. The van der Waals surface area contributed by atoms with Gasteiger partial charge in [-0.3, -0.25) is 0 Å². The maximum absolute atomic E-state index is 5.69. The Morgan fingerprint density at radius 2 is 2.20 bits per heavy atom. The molecule has 20 heavy (non-hydrogen) atoms. The summed E-state index contributed by atoms with van der Waals surface area (Å²) in [5.74, 6) is 1.04. The number of nitrogens with one attached hydrogen (secondary N) is 1. The highest BCUT2D eigenvalue weighted by atomic mass is 16.5. The first-order valence-electron chi connectivity index (χ1n) is 7.39. The van der Waals surface area contributed by atoms with E-state index in [2.05, 4.69) is 30.4 Å². The fraction of sp³-hybridized carbons (Fsp3) is 0.412. The summed E-state index contributed by atoms with van der Waals surface area (Å²) in [4.78, 5) is 0. The van der Waals surface area contributed by atoms with Crippen LogP contribution in [-0.4, -0.2) is 13.2 Å². The summed E-state index contributed by atoms with van der Waals surface area (Å²) in [6.07, 6.45) is 6.88. The Morgan fingerprint density at radius 1 is 1.25 bits per heavy atom. The second-order valence-electron chi connectivity index (χ2n) is 5.26. The molecule has 0 saturated heterocycles. The molecule has 3 heteroatoms. The Kier molecular flexibility index (Phi) is 4.07. The van der Waals surface area contributed by atoms with Crippen molar-refractivity contribution < 1.29 is 9.15 Å². The molecule has 0 amide bonds.